The summed E-state index contributed by atoms with van der Waals surface area (Å²) in [5.41, 5.74) is 0.965. The van der Waals surface area contributed by atoms with Crippen LogP contribution in [0.5, 0.6) is 5.88 Å². The summed E-state index contributed by atoms with van der Waals surface area (Å²) in [4.78, 5) is 8.84. The summed E-state index contributed by atoms with van der Waals surface area (Å²) in [7, 11) is 0. The second-order valence-corrected chi connectivity index (χ2v) is 5.60. The van der Waals surface area contributed by atoms with Crippen molar-refractivity contribution in [3.63, 3.8) is 0 Å². The van der Waals surface area contributed by atoms with Crippen LogP contribution in [-0.4, -0.2) is 57.1 Å². The summed E-state index contributed by atoms with van der Waals surface area (Å²) in [6.07, 6.45) is 3.99. The maximum Gasteiger partial charge on any atom is 0.218 e. The predicted octanol–water partition coefficient (Wildman–Crippen LogP) is 2.37. The first kappa shape index (κ1) is 22.2. The lowest BCUT2D eigenvalue weighted by Gasteiger charge is -2.12. The molecule has 0 saturated heterocycles. The lowest BCUT2D eigenvalue weighted by Crippen LogP contribution is -2.39. The van der Waals surface area contributed by atoms with Crippen molar-refractivity contribution in [3.05, 3.63) is 23.9 Å². The largest absolute Gasteiger partial charge is 0.478 e. The van der Waals surface area contributed by atoms with Gasteiger partial charge in [-0.15, -0.1) is 0 Å². The zero-order valence-corrected chi connectivity index (χ0v) is 16.4. The second-order valence-electron chi connectivity index (χ2n) is 5.60. The molecule has 7 heteroatoms. The van der Waals surface area contributed by atoms with Crippen molar-refractivity contribution in [2.45, 2.75) is 40.2 Å². The van der Waals surface area contributed by atoms with Crippen molar-refractivity contribution in [1.82, 2.24) is 15.6 Å². The normalized spacial score (nSPS) is 11.4. The van der Waals surface area contributed by atoms with Crippen LogP contribution in [0, 0.1) is 0 Å². The Morgan fingerprint density at radius 2 is 1.88 bits per heavy atom. The van der Waals surface area contributed by atoms with Crippen molar-refractivity contribution >= 4 is 5.96 Å². The number of hydrogen-bond acceptors (Lipinski definition) is 5. The van der Waals surface area contributed by atoms with Crippen molar-refractivity contribution in [2.75, 3.05) is 46.1 Å². The van der Waals surface area contributed by atoms with Crippen LogP contribution in [-0.2, 0) is 16.0 Å². The Bertz CT molecular complexity index is 497. The molecule has 0 bridgehead atoms. The van der Waals surface area contributed by atoms with Crippen LogP contribution in [0.3, 0.4) is 0 Å². The van der Waals surface area contributed by atoms with Crippen LogP contribution in [0.4, 0.5) is 0 Å². The van der Waals surface area contributed by atoms with Crippen LogP contribution < -0.4 is 15.4 Å². The van der Waals surface area contributed by atoms with Gasteiger partial charge in [-0.1, -0.05) is 19.4 Å². The van der Waals surface area contributed by atoms with Gasteiger partial charge in [0.05, 0.1) is 33.0 Å². The number of rotatable bonds is 14. The van der Waals surface area contributed by atoms with Gasteiger partial charge in [-0.05, 0) is 26.3 Å². The minimum atomic E-state index is 0.505. The highest BCUT2D eigenvalue weighted by molar-refractivity contribution is 5.79. The van der Waals surface area contributed by atoms with E-state index in [1.807, 2.05) is 26.0 Å². The van der Waals surface area contributed by atoms with Crippen molar-refractivity contribution in [3.8, 4) is 5.88 Å². The number of pyridine rings is 1. The molecule has 0 aliphatic carbocycles. The summed E-state index contributed by atoms with van der Waals surface area (Å²) in [6.45, 7) is 11.4. The molecule has 1 heterocycles. The molecule has 0 unspecified atom stereocenters. The highest BCUT2D eigenvalue weighted by Crippen LogP contribution is 2.15. The van der Waals surface area contributed by atoms with Gasteiger partial charge in [-0.25, -0.2) is 9.98 Å². The minimum absolute atomic E-state index is 0.505. The Balaban J connectivity index is 2.31. The number of nitrogens with one attached hydrogen (secondary N) is 2. The first-order valence-corrected chi connectivity index (χ1v) is 9.56. The van der Waals surface area contributed by atoms with Crippen molar-refractivity contribution in [1.29, 1.82) is 0 Å². The van der Waals surface area contributed by atoms with Crippen LogP contribution in [0.25, 0.3) is 0 Å². The summed E-state index contributed by atoms with van der Waals surface area (Å²) >= 11 is 0. The fourth-order valence-electron chi connectivity index (χ4n) is 2.13. The molecular weight excluding hydrogens is 332 g/mol. The van der Waals surface area contributed by atoms with E-state index in [0.29, 0.717) is 45.4 Å². The highest BCUT2D eigenvalue weighted by Gasteiger charge is 2.04. The fourth-order valence-corrected chi connectivity index (χ4v) is 2.13. The number of guanidine groups is 1. The number of unbranched alkanes of at least 4 members (excludes halogenated alkanes) is 1. The number of aromatic nitrogens is 1. The second kappa shape index (κ2) is 15.4. The van der Waals surface area contributed by atoms with E-state index in [4.69, 9.17) is 14.2 Å². The third kappa shape index (κ3) is 10.2. The minimum Gasteiger partial charge on any atom is -0.478 e. The molecule has 148 valence electrons. The standard InChI is InChI=1S/C19H34N4O3/c1-4-7-12-24-14-15-25-13-11-22-19(20-5-2)23-16-17-9-8-10-21-18(17)26-6-3/h8-10H,4-7,11-16H2,1-3H3,(H2,20,22,23). The van der Waals surface area contributed by atoms with E-state index in [-0.39, 0.29) is 0 Å². The van der Waals surface area contributed by atoms with Crippen LogP contribution in [0.2, 0.25) is 0 Å². The van der Waals surface area contributed by atoms with Gasteiger partial charge in [0.15, 0.2) is 5.96 Å². The van der Waals surface area contributed by atoms with Crippen LogP contribution in [0.15, 0.2) is 23.3 Å². The van der Waals surface area contributed by atoms with Gasteiger partial charge in [0.2, 0.25) is 5.88 Å². The lowest BCUT2D eigenvalue weighted by atomic mass is 10.3. The maximum atomic E-state index is 5.56. The molecule has 2 N–H and O–H groups in total. The zero-order valence-electron chi connectivity index (χ0n) is 16.4. The number of aliphatic imine (C=N–C) groups is 1. The highest BCUT2D eigenvalue weighted by atomic mass is 16.5. The number of nitrogens with zero attached hydrogens (tertiary/aromatic N) is 2. The molecule has 0 aliphatic heterocycles. The van der Waals surface area contributed by atoms with Crippen molar-refractivity contribution in [2.24, 2.45) is 4.99 Å². The molecule has 0 saturated carbocycles. The Hall–Kier alpha value is -1.86. The van der Waals surface area contributed by atoms with Gasteiger partial charge in [0.1, 0.15) is 0 Å². The molecule has 0 aromatic carbocycles. The first-order valence-electron chi connectivity index (χ1n) is 9.56. The Labute approximate surface area is 157 Å². The molecule has 1 aromatic heterocycles. The summed E-state index contributed by atoms with van der Waals surface area (Å²) in [6, 6.07) is 3.87. The van der Waals surface area contributed by atoms with Gasteiger partial charge in [0, 0.05) is 31.5 Å². The maximum absolute atomic E-state index is 5.56. The summed E-state index contributed by atoms with van der Waals surface area (Å²) in [5, 5.41) is 6.49. The van der Waals surface area contributed by atoms with E-state index in [1.165, 1.54) is 0 Å². The fraction of sp³-hybridized carbons (Fsp3) is 0.684. The average Bonchev–Trinajstić information content (AvgIpc) is 2.66. The quantitative estimate of drug-likeness (QED) is 0.299. The van der Waals surface area contributed by atoms with Gasteiger partial charge < -0.3 is 24.8 Å². The average molecular weight is 367 g/mol. The molecule has 0 radical (unpaired) electrons. The number of hydrogen-bond donors (Lipinski definition) is 2. The molecule has 1 rings (SSSR count). The molecule has 0 amide bonds. The van der Waals surface area contributed by atoms with E-state index < -0.39 is 0 Å². The van der Waals surface area contributed by atoms with Crippen LogP contribution >= 0.6 is 0 Å². The van der Waals surface area contributed by atoms with E-state index >= 15 is 0 Å². The van der Waals surface area contributed by atoms with Crippen LogP contribution in [0.1, 0.15) is 39.2 Å². The Morgan fingerprint density at radius 3 is 2.62 bits per heavy atom. The van der Waals surface area contributed by atoms with Gasteiger partial charge in [-0.2, -0.15) is 0 Å². The summed E-state index contributed by atoms with van der Waals surface area (Å²) in [5.74, 6) is 1.39. The smallest absolute Gasteiger partial charge is 0.218 e. The first-order chi connectivity index (χ1) is 12.8. The molecule has 0 spiro atoms. The SMILES string of the molecule is CCCCOCCOCCNC(=NCc1cccnc1OCC)NCC. The van der Waals surface area contributed by atoms with E-state index in [0.717, 1.165) is 37.5 Å². The molecule has 0 aliphatic rings. The molecule has 0 atom stereocenters. The van der Waals surface area contributed by atoms with E-state index in [9.17, 15) is 0 Å². The van der Waals surface area contributed by atoms with Gasteiger partial charge >= 0.3 is 0 Å². The van der Waals surface area contributed by atoms with E-state index in [1.54, 1.807) is 6.20 Å². The Kier molecular flexibility index (Phi) is 13.1. The third-order valence-electron chi connectivity index (χ3n) is 3.44. The van der Waals surface area contributed by atoms with Gasteiger partial charge in [0.25, 0.3) is 0 Å². The van der Waals surface area contributed by atoms with Gasteiger partial charge in [-0.3, -0.25) is 0 Å². The number of ether oxygens (including phenoxy) is 3. The molecule has 0 fully saturated rings. The van der Waals surface area contributed by atoms with E-state index in [2.05, 4.69) is 27.5 Å². The monoisotopic (exact) mass is 366 g/mol. The lowest BCUT2D eigenvalue weighted by molar-refractivity contribution is 0.0487. The molecule has 7 nitrogen and oxygen atoms in total. The molecule has 1 aromatic rings. The Morgan fingerprint density at radius 1 is 1.08 bits per heavy atom. The summed E-state index contributed by atoms with van der Waals surface area (Å²) < 4.78 is 16.6. The predicted molar refractivity (Wildman–Crippen MR) is 105 cm³/mol. The zero-order chi connectivity index (χ0) is 18.9. The topological polar surface area (TPSA) is 77.0 Å². The third-order valence-corrected chi connectivity index (χ3v) is 3.44. The van der Waals surface area contributed by atoms with Crippen molar-refractivity contribution < 1.29 is 14.2 Å². The molecule has 26 heavy (non-hydrogen) atoms. The molecular formula is C19H34N4O3.